The van der Waals surface area contributed by atoms with Crippen LogP contribution in [0.5, 0.6) is 0 Å². The number of ether oxygens (including phenoxy) is 7. The largest absolute Gasteiger partial charge is 0.463 e. The third kappa shape index (κ3) is 12.1. The molecule has 1 unspecified atom stereocenters. The molecule has 4 aliphatic heterocycles. The van der Waals surface area contributed by atoms with Crippen LogP contribution in [0.25, 0.3) is 0 Å². The predicted molar refractivity (Wildman–Crippen MR) is 263 cm³/mol. The Kier molecular flexibility index (Phi) is 16.4. The topological polar surface area (TPSA) is 201 Å². The van der Waals surface area contributed by atoms with Crippen molar-refractivity contribution in [1.29, 1.82) is 0 Å². The van der Waals surface area contributed by atoms with Crippen molar-refractivity contribution in [2.75, 3.05) is 43.1 Å². The Bertz CT molecular complexity index is 2530. The first-order valence-corrected chi connectivity index (χ1v) is 24.2. The van der Waals surface area contributed by atoms with E-state index in [2.05, 4.69) is 32.6 Å². The Balaban J connectivity index is 1.05. The average molecular weight is 993 g/mol. The number of hydrogen-bond donors (Lipinski definition) is 3. The maximum absolute atomic E-state index is 13.6. The highest BCUT2D eigenvalue weighted by Crippen LogP contribution is 2.48. The summed E-state index contributed by atoms with van der Waals surface area (Å²) in [6, 6.07) is 35.4. The maximum atomic E-state index is 13.6. The van der Waals surface area contributed by atoms with Gasteiger partial charge >= 0.3 is 23.9 Å². The van der Waals surface area contributed by atoms with Crippen LogP contribution in [0.15, 0.2) is 109 Å². The monoisotopic (exact) mass is 992 g/mol. The molecule has 9 atom stereocenters. The van der Waals surface area contributed by atoms with Gasteiger partial charge in [0.1, 0.15) is 24.4 Å². The number of hydrogen-bond acceptors (Lipinski definition) is 16. The van der Waals surface area contributed by atoms with Crippen molar-refractivity contribution >= 4 is 58.4 Å². The Morgan fingerprint density at radius 3 is 1.97 bits per heavy atom. The average Bonchev–Trinajstić information content (AvgIpc) is 3.67. The number of amides is 1. The van der Waals surface area contributed by atoms with Crippen molar-refractivity contribution in [2.45, 2.75) is 114 Å². The predicted octanol–water partition coefficient (Wildman–Crippen LogP) is 5.80. The molecule has 0 bridgehead atoms. The number of benzene rings is 4. The second-order valence-electron chi connectivity index (χ2n) is 18.3. The van der Waals surface area contributed by atoms with E-state index >= 15 is 0 Å². The van der Waals surface area contributed by atoms with Gasteiger partial charge in [-0.3, -0.25) is 24.0 Å². The number of para-hydroxylation sites is 1. The van der Waals surface area contributed by atoms with Crippen molar-refractivity contribution in [3.05, 3.63) is 131 Å². The third-order valence-corrected chi connectivity index (χ3v) is 13.7. The fourth-order valence-corrected chi connectivity index (χ4v) is 10.5. The molecule has 0 aromatic heterocycles. The molecule has 1 spiro atoms. The van der Waals surface area contributed by atoms with E-state index in [0.717, 1.165) is 29.3 Å². The van der Waals surface area contributed by atoms with Crippen LogP contribution in [-0.4, -0.2) is 120 Å². The summed E-state index contributed by atoms with van der Waals surface area (Å²) in [7, 11) is 0. The van der Waals surface area contributed by atoms with Crippen LogP contribution in [0.4, 0.5) is 11.4 Å². The van der Waals surface area contributed by atoms with Gasteiger partial charge in [0.2, 0.25) is 5.91 Å². The van der Waals surface area contributed by atoms with Crippen molar-refractivity contribution in [1.82, 2.24) is 10.2 Å². The quantitative estimate of drug-likeness (QED) is 0.0732. The number of rotatable bonds is 15. The zero-order valence-electron chi connectivity index (χ0n) is 40.1. The zero-order valence-corrected chi connectivity index (χ0v) is 40.9. The van der Waals surface area contributed by atoms with Crippen LogP contribution in [0, 0.1) is 0 Å². The second-order valence-corrected chi connectivity index (χ2v) is 18.8. The number of likely N-dealkylation sites (tertiary alicyclic amines) is 1. The van der Waals surface area contributed by atoms with Gasteiger partial charge in [-0.1, -0.05) is 97.1 Å². The van der Waals surface area contributed by atoms with Crippen molar-refractivity contribution in [2.24, 2.45) is 0 Å². The van der Waals surface area contributed by atoms with E-state index in [1.807, 2.05) is 97.1 Å². The Labute approximate surface area is 418 Å². The van der Waals surface area contributed by atoms with Gasteiger partial charge in [-0.25, -0.2) is 0 Å². The number of aliphatic hydroxyl groups is 1. The lowest BCUT2D eigenvalue weighted by Crippen LogP contribution is -2.62. The zero-order chi connectivity index (χ0) is 50.2. The molecule has 0 saturated carbocycles. The minimum atomic E-state index is -1.33. The van der Waals surface area contributed by atoms with E-state index in [0.29, 0.717) is 50.4 Å². The van der Waals surface area contributed by atoms with Gasteiger partial charge in [0.05, 0.1) is 30.5 Å². The first kappa shape index (κ1) is 51.1. The first-order chi connectivity index (χ1) is 34.2. The van der Waals surface area contributed by atoms with E-state index in [9.17, 15) is 29.1 Å². The molecular weight excluding hydrogens is 933 g/mol. The van der Waals surface area contributed by atoms with Crippen LogP contribution in [0.3, 0.4) is 0 Å². The highest BCUT2D eigenvalue weighted by molar-refractivity contribution is 7.80. The molecule has 0 aliphatic carbocycles. The summed E-state index contributed by atoms with van der Waals surface area (Å²) < 4.78 is 42.5. The fourth-order valence-electron chi connectivity index (χ4n) is 10.2. The minimum absolute atomic E-state index is 0.0444. The smallest absolute Gasteiger partial charge is 0.303 e. The van der Waals surface area contributed by atoms with E-state index in [1.54, 1.807) is 0 Å². The number of nitrogens with one attached hydrogen (secondary N) is 2. The summed E-state index contributed by atoms with van der Waals surface area (Å²) in [6.45, 7) is 6.58. The number of carbonyl (C=O) groups is 5. The molecule has 4 fully saturated rings. The molecule has 4 aromatic carbocycles. The summed E-state index contributed by atoms with van der Waals surface area (Å²) in [5.74, 6) is -3.01. The summed E-state index contributed by atoms with van der Waals surface area (Å²) in [5.41, 5.74) is 4.33. The molecule has 18 heteroatoms. The van der Waals surface area contributed by atoms with Crippen LogP contribution < -0.4 is 15.5 Å². The van der Waals surface area contributed by atoms with Gasteiger partial charge in [0, 0.05) is 76.6 Å². The normalized spacial score (nSPS) is 26.2. The number of aliphatic hydroxyl groups excluding tert-OH is 1. The lowest BCUT2D eigenvalue weighted by atomic mass is 9.82. The Morgan fingerprint density at radius 1 is 0.718 bits per heavy atom. The van der Waals surface area contributed by atoms with E-state index in [-0.39, 0.29) is 36.4 Å². The molecule has 8 rings (SSSR count). The SMILES string of the molecule is CC(=O)OC[C@H]1O[C@@H](CC(=S)Nc2cccc(C3O[C@H](CN4CCC5(CC4)C(=O)NCN5c4ccccc4)[C@@H](c4ccccc4)[C@H](c4ccc(CO)cc4)O3)c2)[C@H](OC(C)=O)[C@@H](OC(C)=O)[C@@H]1OC(C)=O. The fraction of sp³-hybridized carbons (Fsp3) is 0.434. The number of thiocarbonyl (C=S) groups is 1. The molecule has 0 radical (unpaired) electrons. The highest BCUT2D eigenvalue weighted by Gasteiger charge is 2.53. The molecule has 4 saturated heterocycles. The van der Waals surface area contributed by atoms with Gasteiger partial charge in [-0.05, 0) is 53.8 Å². The van der Waals surface area contributed by atoms with Crippen LogP contribution >= 0.6 is 12.2 Å². The van der Waals surface area contributed by atoms with Crippen LogP contribution in [0.1, 0.15) is 87.5 Å². The van der Waals surface area contributed by atoms with E-state index in [1.165, 1.54) is 20.8 Å². The number of anilines is 2. The molecule has 17 nitrogen and oxygen atoms in total. The molecule has 71 heavy (non-hydrogen) atoms. The summed E-state index contributed by atoms with van der Waals surface area (Å²) in [5, 5.41) is 16.3. The molecule has 3 N–H and O–H groups in total. The van der Waals surface area contributed by atoms with Crippen molar-refractivity contribution in [3.8, 4) is 0 Å². The maximum Gasteiger partial charge on any atom is 0.303 e. The van der Waals surface area contributed by atoms with Gasteiger partial charge in [-0.15, -0.1) is 0 Å². The summed E-state index contributed by atoms with van der Waals surface area (Å²) in [6.07, 6.45) is -6.60. The van der Waals surface area contributed by atoms with E-state index < -0.39 is 78.4 Å². The van der Waals surface area contributed by atoms with Crippen LogP contribution in [-0.2, 0) is 63.7 Å². The van der Waals surface area contributed by atoms with Gasteiger partial charge in [-0.2, -0.15) is 0 Å². The first-order valence-electron chi connectivity index (χ1n) is 23.8. The lowest BCUT2D eigenvalue weighted by Gasteiger charge is -2.47. The van der Waals surface area contributed by atoms with Gasteiger partial charge in [0.15, 0.2) is 24.6 Å². The molecule has 4 heterocycles. The highest BCUT2D eigenvalue weighted by atomic mass is 32.1. The number of esters is 4. The van der Waals surface area contributed by atoms with Gasteiger partial charge < -0.3 is 58.7 Å². The third-order valence-electron chi connectivity index (χ3n) is 13.4. The standard InChI is InChI=1S/C53H60N4O13S/c1-32(59)64-30-44-49(66-34(3)61)50(67-35(4)62)48(65-33(2)60)42(68-44)27-45(71)55-40-15-11-14-39(26-40)51-69-43(46(37-12-7-5-8-13-37)47(70-51)38-20-18-36(29-58)19-21-38)28-56-24-22-53(23-25-56)52(63)54-31-57(53)41-16-9-6-10-17-41/h5-21,26,42-44,46-51,58H,22-25,27-31H2,1-4H3,(H,54,63)(H,55,71)/t42-,43+,44+,46+,47-,48-,49+,50+,51?/m0/s1. The number of nitrogens with zero attached hydrogens (tertiary/aromatic N) is 2. The molecule has 1 amide bonds. The molecule has 376 valence electrons. The van der Waals surface area contributed by atoms with Crippen molar-refractivity contribution in [3.63, 3.8) is 0 Å². The van der Waals surface area contributed by atoms with Gasteiger partial charge in [0.25, 0.3) is 0 Å². The molecule has 4 aliphatic rings. The number of piperidine rings is 1. The minimum Gasteiger partial charge on any atom is -0.463 e. The Hall–Kier alpha value is -6.28. The molecule has 4 aromatic rings. The lowest BCUT2D eigenvalue weighted by molar-refractivity contribution is -0.264. The molecular formula is C53H60N4O13S. The summed E-state index contributed by atoms with van der Waals surface area (Å²) >= 11 is 5.89. The second kappa shape index (κ2) is 22.9. The summed E-state index contributed by atoms with van der Waals surface area (Å²) in [4.78, 5) is 67.5. The van der Waals surface area contributed by atoms with Crippen molar-refractivity contribution < 1.29 is 62.2 Å². The Morgan fingerprint density at radius 2 is 1.34 bits per heavy atom. The van der Waals surface area contributed by atoms with E-state index in [4.69, 9.17) is 45.4 Å². The van der Waals surface area contributed by atoms with Crippen LogP contribution in [0.2, 0.25) is 0 Å². The number of carbonyl (C=O) groups excluding carboxylic acids is 5.